The molecule has 1 unspecified atom stereocenters. The third-order valence-electron chi connectivity index (χ3n) is 5.76. The summed E-state index contributed by atoms with van der Waals surface area (Å²) in [4.78, 5) is 27.0. The highest BCUT2D eigenvalue weighted by atomic mass is 16.5. The number of aromatic nitrogens is 3. The van der Waals surface area contributed by atoms with Gasteiger partial charge >= 0.3 is 0 Å². The van der Waals surface area contributed by atoms with Crippen molar-refractivity contribution in [3.8, 4) is 17.1 Å². The number of pyridine rings is 1. The van der Waals surface area contributed by atoms with Gasteiger partial charge in [0.15, 0.2) is 5.52 Å². The van der Waals surface area contributed by atoms with Crippen molar-refractivity contribution in [2.45, 2.75) is 39.9 Å². The van der Waals surface area contributed by atoms with Crippen LogP contribution in [0, 0.1) is 5.41 Å². The topological polar surface area (TPSA) is 97.7 Å². The van der Waals surface area contributed by atoms with Crippen LogP contribution in [-0.4, -0.2) is 63.3 Å². The number of ether oxygens (including phenoxy) is 2. The minimum Gasteiger partial charge on any atom is -0.473 e. The van der Waals surface area contributed by atoms with Gasteiger partial charge in [-0.3, -0.25) is 9.78 Å². The van der Waals surface area contributed by atoms with Crippen molar-refractivity contribution < 1.29 is 19.4 Å². The summed E-state index contributed by atoms with van der Waals surface area (Å²) in [6.45, 7) is 9.38. The number of aliphatic hydroxyl groups excluding tert-OH is 1. The largest absolute Gasteiger partial charge is 0.473 e. The molecule has 4 rings (SSSR count). The molecule has 0 spiro atoms. The maximum atomic E-state index is 11.7. The van der Waals surface area contributed by atoms with Crippen molar-refractivity contribution in [1.82, 2.24) is 19.9 Å². The van der Waals surface area contributed by atoms with Crippen LogP contribution in [0.5, 0.6) is 5.88 Å². The molecule has 33 heavy (non-hydrogen) atoms. The van der Waals surface area contributed by atoms with E-state index in [-0.39, 0.29) is 24.0 Å². The van der Waals surface area contributed by atoms with E-state index in [9.17, 15) is 9.90 Å². The van der Waals surface area contributed by atoms with Crippen molar-refractivity contribution in [2.24, 2.45) is 5.41 Å². The number of nitrogens with zero attached hydrogens (tertiary/aromatic N) is 4. The fourth-order valence-corrected chi connectivity index (χ4v) is 3.81. The summed E-state index contributed by atoms with van der Waals surface area (Å²) in [7, 11) is 0. The number of morpholine rings is 1. The van der Waals surface area contributed by atoms with Gasteiger partial charge in [-0.25, -0.2) is 9.97 Å². The highest BCUT2D eigenvalue weighted by Crippen LogP contribution is 2.34. The van der Waals surface area contributed by atoms with Crippen LogP contribution in [0.3, 0.4) is 0 Å². The lowest BCUT2D eigenvalue weighted by Crippen LogP contribution is -2.46. The first-order valence-corrected chi connectivity index (χ1v) is 11.1. The molecule has 2 atom stereocenters. The Hall–Kier alpha value is -3.10. The summed E-state index contributed by atoms with van der Waals surface area (Å²) < 4.78 is 11.8. The van der Waals surface area contributed by atoms with Crippen LogP contribution >= 0.6 is 0 Å². The molecule has 2 aromatic heterocycles. The number of aliphatic hydroxyl groups is 1. The molecule has 1 aliphatic rings. The van der Waals surface area contributed by atoms with Crippen molar-refractivity contribution in [1.29, 1.82) is 0 Å². The van der Waals surface area contributed by atoms with Crippen molar-refractivity contribution in [2.75, 3.05) is 26.3 Å². The third kappa shape index (κ3) is 5.29. The standard InChI is InChI=1S/C25H30N4O4/c1-16(30)29-11-12-32-19(14-29)15-33-24-22-21(26-9-10-27-22)13-20(28-24)17-5-7-18(8-6-17)23(31)25(2,3)4/h5-10,13,19,23,31H,11-12,14-15H2,1-4H3/t19-,23?/m0/s1. The van der Waals surface area contributed by atoms with Gasteiger partial charge in [0.2, 0.25) is 11.8 Å². The molecule has 0 saturated carbocycles. The monoisotopic (exact) mass is 450 g/mol. The first-order valence-electron chi connectivity index (χ1n) is 11.1. The van der Waals surface area contributed by atoms with E-state index >= 15 is 0 Å². The van der Waals surface area contributed by atoms with E-state index in [0.717, 1.165) is 11.1 Å². The number of carbonyl (C=O) groups excluding carboxylic acids is 1. The van der Waals surface area contributed by atoms with Gasteiger partial charge in [0, 0.05) is 31.4 Å². The number of hydrogen-bond acceptors (Lipinski definition) is 7. The SMILES string of the molecule is CC(=O)N1CCO[C@H](COc2nc(-c3ccc(C(O)C(C)(C)C)cc3)cc3nccnc23)C1. The second kappa shape index (κ2) is 9.41. The van der Waals surface area contributed by atoms with Crippen LogP contribution in [-0.2, 0) is 9.53 Å². The van der Waals surface area contributed by atoms with Crippen molar-refractivity contribution >= 4 is 16.9 Å². The lowest BCUT2D eigenvalue weighted by atomic mass is 9.84. The van der Waals surface area contributed by atoms with Gasteiger partial charge in [-0.05, 0) is 17.0 Å². The number of carbonyl (C=O) groups is 1. The molecule has 0 bridgehead atoms. The summed E-state index contributed by atoms with van der Waals surface area (Å²) in [6, 6.07) is 9.58. The fourth-order valence-electron chi connectivity index (χ4n) is 3.81. The van der Waals surface area contributed by atoms with Gasteiger partial charge < -0.3 is 19.5 Å². The maximum Gasteiger partial charge on any atom is 0.242 e. The molecular weight excluding hydrogens is 420 g/mol. The number of amides is 1. The van der Waals surface area contributed by atoms with Gasteiger partial charge in [0.05, 0.1) is 30.5 Å². The molecule has 1 fully saturated rings. The Labute approximate surface area is 193 Å². The number of rotatable bonds is 5. The molecule has 8 heteroatoms. The minimum absolute atomic E-state index is 0.0276. The molecule has 8 nitrogen and oxygen atoms in total. The number of benzene rings is 1. The van der Waals surface area contributed by atoms with Gasteiger partial charge in [-0.15, -0.1) is 0 Å². The van der Waals surface area contributed by atoms with Crippen LogP contribution in [0.2, 0.25) is 0 Å². The van der Waals surface area contributed by atoms with E-state index in [1.165, 1.54) is 0 Å². The molecule has 0 radical (unpaired) electrons. The highest BCUT2D eigenvalue weighted by molar-refractivity contribution is 5.83. The summed E-state index contributed by atoms with van der Waals surface area (Å²) in [5.41, 5.74) is 3.43. The molecule has 1 amide bonds. The minimum atomic E-state index is -0.564. The normalized spacial score (nSPS) is 17.7. The van der Waals surface area contributed by atoms with Crippen molar-refractivity contribution in [3.63, 3.8) is 0 Å². The Morgan fingerprint density at radius 1 is 1.24 bits per heavy atom. The van der Waals surface area contributed by atoms with Crippen LogP contribution in [0.15, 0.2) is 42.7 Å². The van der Waals surface area contributed by atoms with E-state index < -0.39 is 6.10 Å². The van der Waals surface area contributed by atoms with Gasteiger partial charge in [0.25, 0.3) is 0 Å². The number of fused-ring (bicyclic) bond motifs is 1. The summed E-state index contributed by atoms with van der Waals surface area (Å²) in [6.07, 6.45) is 2.44. The Kier molecular flexibility index (Phi) is 6.58. The molecule has 3 aromatic rings. The Morgan fingerprint density at radius 3 is 2.67 bits per heavy atom. The van der Waals surface area contributed by atoms with E-state index in [4.69, 9.17) is 14.5 Å². The highest BCUT2D eigenvalue weighted by Gasteiger charge is 2.25. The zero-order valence-electron chi connectivity index (χ0n) is 19.5. The van der Waals surface area contributed by atoms with Gasteiger partial charge in [-0.1, -0.05) is 45.0 Å². The third-order valence-corrected chi connectivity index (χ3v) is 5.76. The molecule has 1 aromatic carbocycles. The quantitative estimate of drug-likeness (QED) is 0.636. The van der Waals surface area contributed by atoms with Crippen LogP contribution < -0.4 is 4.74 Å². The molecular formula is C25H30N4O4. The fraction of sp³-hybridized carbons (Fsp3) is 0.440. The number of hydrogen-bond donors (Lipinski definition) is 1. The van der Waals surface area contributed by atoms with E-state index in [1.807, 2.05) is 51.1 Å². The Balaban J connectivity index is 1.59. The van der Waals surface area contributed by atoms with Crippen LogP contribution in [0.4, 0.5) is 0 Å². The Morgan fingerprint density at radius 2 is 1.97 bits per heavy atom. The Bertz CT molecular complexity index is 1130. The van der Waals surface area contributed by atoms with E-state index in [2.05, 4.69) is 9.97 Å². The summed E-state index contributed by atoms with van der Waals surface area (Å²) in [5, 5.41) is 10.6. The molecule has 174 valence electrons. The maximum absolute atomic E-state index is 11.7. The molecule has 1 saturated heterocycles. The van der Waals surface area contributed by atoms with E-state index in [1.54, 1.807) is 24.2 Å². The smallest absolute Gasteiger partial charge is 0.242 e. The first-order chi connectivity index (χ1) is 15.7. The predicted molar refractivity (Wildman–Crippen MR) is 125 cm³/mol. The zero-order valence-corrected chi connectivity index (χ0v) is 19.5. The summed E-state index contributed by atoms with van der Waals surface area (Å²) >= 11 is 0. The van der Waals surface area contributed by atoms with Gasteiger partial charge in [0.1, 0.15) is 12.7 Å². The first kappa shape index (κ1) is 23.1. The average molecular weight is 451 g/mol. The second-order valence-corrected chi connectivity index (χ2v) is 9.40. The zero-order chi connectivity index (χ0) is 23.6. The average Bonchev–Trinajstić information content (AvgIpc) is 2.81. The van der Waals surface area contributed by atoms with E-state index in [0.29, 0.717) is 42.3 Å². The lowest BCUT2D eigenvalue weighted by molar-refractivity contribution is -0.137. The van der Waals surface area contributed by atoms with Crippen LogP contribution in [0.1, 0.15) is 39.4 Å². The lowest BCUT2D eigenvalue weighted by Gasteiger charge is -2.32. The van der Waals surface area contributed by atoms with Crippen molar-refractivity contribution in [3.05, 3.63) is 48.3 Å². The molecule has 1 aliphatic heterocycles. The van der Waals surface area contributed by atoms with Gasteiger partial charge in [-0.2, -0.15) is 0 Å². The molecule has 1 N–H and O–H groups in total. The molecule has 3 heterocycles. The summed E-state index contributed by atoms with van der Waals surface area (Å²) in [5.74, 6) is 0.401. The second-order valence-electron chi connectivity index (χ2n) is 9.40. The van der Waals surface area contributed by atoms with Crippen LogP contribution in [0.25, 0.3) is 22.3 Å². The predicted octanol–water partition coefficient (Wildman–Crippen LogP) is 3.40. The molecule has 0 aliphatic carbocycles.